The van der Waals surface area contributed by atoms with Gasteiger partial charge in [0.2, 0.25) is 11.6 Å². The number of anilines is 1. The number of aryl methyl sites for hydroxylation is 1. The van der Waals surface area contributed by atoms with Crippen molar-refractivity contribution in [2.45, 2.75) is 26.7 Å². The van der Waals surface area contributed by atoms with E-state index in [9.17, 15) is 0 Å². The smallest absolute Gasteiger partial charge is 0.243 e. The van der Waals surface area contributed by atoms with Crippen molar-refractivity contribution in [2.75, 3.05) is 5.73 Å². The maximum Gasteiger partial charge on any atom is 0.243 e. The minimum Gasteiger partial charge on any atom is -0.378 e. The number of fused-ring (bicyclic) bond motifs is 1. The number of nitrogens with two attached hydrogens (primary N) is 1. The Bertz CT molecular complexity index is 997. The minimum atomic E-state index is 0.150. The van der Waals surface area contributed by atoms with Crippen LogP contribution in [0.25, 0.3) is 5.82 Å². The Labute approximate surface area is 143 Å². The second-order valence-electron chi connectivity index (χ2n) is 5.80. The molecule has 126 valence electrons. The number of aromatic nitrogens is 5. The van der Waals surface area contributed by atoms with Crippen LogP contribution in [0.15, 0.2) is 39.1 Å². The molecule has 0 saturated carbocycles. The molecule has 0 aliphatic heterocycles. The van der Waals surface area contributed by atoms with E-state index in [1.54, 1.807) is 0 Å². The number of nitrogen functional groups attached to an aromatic ring is 1. The van der Waals surface area contributed by atoms with E-state index in [0.29, 0.717) is 17.2 Å². The summed E-state index contributed by atoms with van der Waals surface area (Å²) in [7, 11) is 0. The van der Waals surface area contributed by atoms with E-state index >= 15 is 0 Å². The van der Waals surface area contributed by atoms with Crippen molar-refractivity contribution in [1.29, 1.82) is 0 Å². The Morgan fingerprint density at radius 2 is 2.08 bits per heavy atom. The highest BCUT2D eigenvalue weighted by molar-refractivity contribution is 6.05. The summed E-state index contributed by atoms with van der Waals surface area (Å²) in [6.45, 7) is 3.69. The standard InChI is InChI=1S/C16H16N8O/c1-9(18-19-13-8-7-11-5-3-4-6-12(11)13)14-10(2)24(23-20-14)16-15(17)21-25-22-16/h3-6H,7-8H2,1-2H3,(H2,17,21). The van der Waals surface area contributed by atoms with Crippen LogP contribution in [0, 0.1) is 6.92 Å². The topological polar surface area (TPSA) is 120 Å². The van der Waals surface area contributed by atoms with E-state index in [4.69, 9.17) is 5.73 Å². The van der Waals surface area contributed by atoms with Gasteiger partial charge in [0.05, 0.1) is 17.1 Å². The van der Waals surface area contributed by atoms with Gasteiger partial charge < -0.3 is 5.73 Å². The van der Waals surface area contributed by atoms with Crippen molar-refractivity contribution in [3.8, 4) is 5.82 Å². The van der Waals surface area contributed by atoms with Crippen molar-refractivity contribution in [3.05, 3.63) is 46.8 Å². The summed E-state index contributed by atoms with van der Waals surface area (Å²) in [5, 5.41) is 24.3. The van der Waals surface area contributed by atoms with Crippen LogP contribution in [-0.2, 0) is 6.42 Å². The molecule has 0 amide bonds. The Kier molecular flexibility index (Phi) is 3.60. The number of hydrogen-bond donors (Lipinski definition) is 1. The van der Waals surface area contributed by atoms with E-state index in [-0.39, 0.29) is 5.82 Å². The maximum absolute atomic E-state index is 5.71. The number of rotatable bonds is 3. The average molecular weight is 336 g/mol. The van der Waals surface area contributed by atoms with E-state index in [0.717, 1.165) is 24.2 Å². The molecule has 0 radical (unpaired) electrons. The predicted octanol–water partition coefficient (Wildman–Crippen LogP) is 1.70. The molecule has 1 aliphatic carbocycles. The van der Waals surface area contributed by atoms with Gasteiger partial charge in [0, 0.05) is 5.56 Å². The van der Waals surface area contributed by atoms with Crippen molar-refractivity contribution < 1.29 is 4.63 Å². The number of benzene rings is 1. The summed E-state index contributed by atoms with van der Waals surface area (Å²) in [5.74, 6) is 0.456. The summed E-state index contributed by atoms with van der Waals surface area (Å²) < 4.78 is 6.08. The molecule has 25 heavy (non-hydrogen) atoms. The molecule has 9 heteroatoms. The molecule has 0 bridgehead atoms. The van der Waals surface area contributed by atoms with Crippen LogP contribution in [-0.4, -0.2) is 36.7 Å². The quantitative estimate of drug-likeness (QED) is 0.574. The van der Waals surface area contributed by atoms with E-state index in [1.165, 1.54) is 15.8 Å². The fourth-order valence-electron chi connectivity index (χ4n) is 2.90. The Hall–Kier alpha value is -3.36. The molecule has 0 unspecified atom stereocenters. The van der Waals surface area contributed by atoms with Gasteiger partial charge in [0.1, 0.15) is 5.69 Å². The van der Waals surface area contributed by atoms with Crippen molar-refractivity contribution in [1.82, 2.24) is 25.3 Å². The lowest BCUT2D eigenvalue weighted by atomic mass is 10.1. The highest BCUT2D eigenvalue weighted by Crippen LogP contribution is 2.22. The van der Waals surface area contributed by atoms with Gasteiger partial charge in [-0.3, -0.25) is 0 Å². The van der Waals surface area contributed by atoms with Gasteiger partial charge in [0.25, 0.3) is 0 Å². The Morgan fingerprint density at radius 3 is 2.88 bits per heavy atom. The fraction of sp³-hybridized carbons (Fsp3) is 0.250. The molecule has 0 saturated heterocycles. The van der Waals surface area contributed by atoms with E-state index in [1.807, 2.05) is 26.0 Å². The van der Waals surface area contributed by atoms with Crippen LogP contribution in [0.5, 0.6) is 0 Å². The summed E-state index contributed by atoms with van der Waals surface area (Å²) >= 11 is 0. The molecule has 0 atom stereocenters. The van der Waals surface area contributed by atoms with Crippen LogP contribution in [0.2, 0.25) is 0 Å². The molecule has 2 N–H and O–H groups in total. The van der Waals surface area contributed by atoms with Crippen LogP contribution < -0.4 is 5.73 Å². The first-order chi connectivity index (χ1) is 12.1. The third kappa shape index (κ3) is 2.59. The first-order valence-corrected chi connectivity index (χ1v) is 7.85. The van der Waals surface area contributed by atoms with Gasteiger partial charge in [-0.15, -0.1) is 5.10 Å². The van der Waals surface area contributed by atoms with Gasteiger partial charge in [-0.25, -0.2) is 4.63 Å². The van der Waals surface area contributed by atoms with E-state index in [2.05, 4.69) is 47.6 Å². The summed E-state index contributed by atoms with van der Waals surface area (Å²) in [5.41, 5.74) is 11.2. The van der Waals surface area contributed by atoms with Crippen LogP contribution in [0.1, 0.15) is 35.9 Å². The van der Waals surface area contributed by atoms with Gasteiger partial charge >= 0.3 is 0 Å². The third-order valence-electron chi connectivity index (χ3n) is 4.21. The molecule has 9 nitrogen and oxygen atoms in total. The van der Waals surface area contributed by atoms with Crippen LogP contribution in [0.3, 0.4) is 0 Å². The average Bonchev–Trinajstić information content (AvgIpc) is 3.31. The van der Waals surface area contributed by atoms with Gasteiger partial charge in [0.15, 0.2) is 0 Å². The molecule has 0 spiro atoms. The number of hydrogen-bond acceptors (Lipinski definition) is 8. The third-order valence-corrected chi connectivity index (χ3v) is 4.21. The first-order valence-electron chi connectivity index (χ1n) is 7.85. The predicted molar refractivity (Wildman–Crippen MR) is 91.9 cm³/mol. The molecule has 0 fully saturated rings. The molecular weight excluding hydrogens is 320 g/mol. The summed E-state index contributed by atoms with van der Waals surface area (Å²) in [4.78, 5) is 0. The molecule has 2 aromatic heterocycles. The van der Waals surface area contributed by atoms with Crippen LogP contribution in [0.4, 0.5) is 5.82 Å². The molecular formula is C16H16N8O. The first kappa shape index (κ1) is 15.2. The zero-order valence-electron chi connectivity index (χ0n) is 13.8. The molecule has 2 heterocycles. The Morgan fingerprint density at radius 1 is 1.24 bits per heavy atom. The monoisotopic (exact) mass is 336 g/mol. The van der Waals surface area contributed by atoms with E-state index < -0.39 is 0 Å². The lowest BCUT2D eigenvalue weighted by molar-refractivity contribution is 0.306. The lowest BCUT2D eigenvalue weighted by Gasteiger charge is -1.99. The number of nitrogens with zero attached hydrogens (tertiary/aromatic N) is 7. The fourth-order valence-corrected chi connectivity index (χ4v) is 2.90. The normalized spacial score (nSPS) is 15.8. The molecule has 3 aromatic rings. The second-order valence-corrected chi connectivity index (χ2v) is 5.80. The minimum absolute atomic E-state index is 0.150. The lowest BCUT2D eigenvalue weighted by Crippen LogP contribution is -2.04. The highest BCUT2D eigenvalue weighted by atomic mass is 16.6. The van der Waals surface area contributed by atoms with Crippen molar-refractivity contribution in [3.63, 3.8) is 0 Å². The SMILES string of the molecule is CC(=NN=C1CCc2ccccc21)c1nnn(-c2nonc2N)c1C. The summed E-state index contributed by atoms with van der Waals surface area (Å²) in [6, 6.07) is 8.26. The molecule has 1 aromatic carbocycles. The largest absolute Gasteiger partial charge is 0.378 e. The Balaban J connectivity index is 1.65. The van der Waals surface area contributed by atoms with Crippen molar-refractivity contribution >= 4 is 17.2 Å². The maximum atomic E-state index is 5.71. The van der Waals surface area contributed by atoms with Gasteiger partial charge in [-0.1, -0.05) is 29.5 Å². The van der Waals surface area contributed by atoms with Crippen molar-refractivity contribution in [2.24, 2.45) is 10.2 Å². The second kappa shape index (κ2) is 5.93. The highest BCUT2D eigenvalue weighted by Gasteiger charge is 2.19. The summed E-state index contributed by atoms with van der Waals surface area (Å²) in [6.07, 6.45) is 1.89. The zero-order chi connectivity index (χ0) is 17.4. The zero-order valence-corrected chi connectivity index (χ0v) is 13.8. The van der Waals surface area contributed by atoms with Gasteiger partial charge in [-0.2, -0.15) is 14.9 Å². The molecule has 4 rings (SSSR count). The van der Waals surface area contributed by atoms with Gasteiger partial charge in [-0.05, 0) is 42.6 Å². The molecule has 1 aliphatic rings. The van der Waals surface area contributed by atoms with Crippen LogP contribution >= 0.6 is 0 Å².